The molecule has 1 saturated heterocycles. The number of sulfonamides is 1. The molecule has 0 spiro atoms. The number of hydrogen-bond acceptors (Lipinski definition) is 4. The van der Waals surface area contributed by atoms with Crippen LogP contribution in [0.4, 0.5) is 0 Å². The fourth-order valence-corrected chi connectivity index (χ4v) is 2.79. The third-order valence-electron chi connectivity index (χ3n) is 2.65. The van der Waals surface area contributed by atoms with Crippen LogP contribution < -0.4 is 10.0 Å². The molecule has 2 N–H and O–H groups in total. The lowest BCUT2D eigenvalue weighted by molar-refractivity contribution is 0.192. The lowest BCUT2D eigenvalue weighted by atomic mass is 10.3. The average molecular weight is 250 g/mol. The van der Waals surface area contributed by atoms with Gasteiger partial charge in [-0.05, 0) is 26.3 Å². The fourth-order valence-electron chi connectivity index (χ4n) is 1.57. The molecule has 0 aromatic heterocycles. The van der Waals surface area contributed by atoms with E-state index in [1.54, 1.807) is 6.92 Å². The maximum atomic E-state index is 11.9. The maximum Gasteiger partial charge on any atom is 0.215 e. The average Bonchev–Trinajstić information content (AvgIpc) is 2.70. The van der Waals surface area contributed by atoms with E-state index in [1.165, 1.54) is 0 Å². The van der Waals surface area contributed by atoms with Gasteiger partial charge in [-0.25, -0.2) is 13.1 Å². The summed E-state index contributed by atoms with van der Waals surface area (Å²) in [5, 5.41) is 2.71. The molecule has 0 radical (unpaired) electrons. The number of nitrogens with one attached hydrogen (secondary N) is 2. The Morgan fingerprint density at radius 1 is 1.50 bits per heavy atom. The van der Waals surface area contributed by atoms with E-state index in [2.05, 4.69) is 17.0 Å². The van der Waals surface area contributed by atoms with Crippen molar-refractivity contribution in [1.29, 1.82) is 0 Å². The molecule has 1 fully saturated rings. The molecule has 16 heavy (non-hydrogen) atoms. The van der Waals surface area contributed by atoms with Gasteiger partial charge in [-0.1, -0.05) is 6.92 Å². The van der Waals surface area contributed by atoms with Gasteiger partial charge >= 0.3 is 0 Å². The van der Waals surface area contributed by atoms with Crippen LogP contribution in [0.1, 0.15) is 26.7 Å². The van der Waals surface area contributed by atoms with Gasteiger partial charge in [0.05, 0.1) is 11.9 Å². The second-order valence-electron chi connectivity index (χ2n) is 4.24. The van der Waals surface area contributed by atoms with Crippen LogP contribution in [0.25, 0.3) is 0 Å². The Hall–Kier alpha value is -0.170. The highest BCUT2D eigenvalue weighted by molar-refractivity contribution is 7.90. The van der Waals surface area contributed by atoms with Crippen molar-refractivity contribution in [3.63, 3.8) is 0 Å². The second-order valence-corrected chi connectivity index (χ2v) is 6.37. The Balaban J connectivity index is 2.36. The Bertz CT molecular complexity index is 286. The molecule has 2 unspecified atom stereocenters. The SMILES string of the molecule is CCCNCC(C)S(=O)(=O)NC1CCOC1. The molecule has 0 amide bonds. The highest BCUT2D eigenvalue weighted by Crippen LogP contribution is 2.07. The standard InChI is InChI=1S/C10H22N2O3S/c1-3-5-11-7-9(2)16(13,14)12-10-4-6-15-8-10/h9-12H,3-8H2,1-2H3. The zero-order valence-corrected chi connectivity index (χ0v) is 10.8. The molecular weight excluding hydrogens is 228 g/mol. The van der Waals surface area contributed by atoms with Crippen molar-refractivity contribution in [2.24, 2.45) is 0 Å². The Morgan fingerprint density at radius 2 is 2.25 bits per heavy atom. The summed E-state index contributed by atoms with van der Waals surface area (Å²) in [6, 6.07) is -0.0429. The summed E-state index contributed by atoms with van der Waals surface area (Å²) in [5.41, 5.74) is 0. The number of rotatable bonds is 7. The normalized spacial score (nSPS) is 23.5. The van der Waals surface area contributed by atoms with Gasteiger partial charge < -0.3 is 10.1 Å². The van der Waals surface area contributed by atoms with Crippen LogP contribution in [-0.2, 0) is 14.8 Å². The second kappa shape index (κ2) is 6.54. The first-order valence-corrected chi connectivity index (χ1v) is 7.40. The summed E-state index contributed by atoms with van der Waals surface area (Å²) in [6.07, 6.45) is 1.78. The molecule has 1 heterocycles. The van der Waals surface area contributed by atoms with Crippen LogP contribution in [0.5, 0.6) is 0 Å². The van der Waals surface area contributed by atoms with Gasteiger partial charge in [0, 0.05) is 19.2 Å². The van der Waals surface area contributed by atoms with E-state index in [4.69, 9.17) is 4.74 Å². The summed E-state index contributed by atoms with van der Waals surface area (Å²) >= 11 is 0. The van der Waals surface area contributed by atoms with Crippen LogP contribution in [0.15, 0.2) is 0 Å². The largest absolute Gasteiger partial charge is 0.380 e. The molecule has 1 aliphatic rings. The molecule has 1 rings (SSSR count). The highest BCUT2D eigenvalue weighted by Gasteiger charge is 2.26. The van der Waals surface area contributed by atoms with E-state index in [9.17, 15) is 8.42 Å². The molecular formula is C10H22N2O3S. The summed E-state index contributed by atoms with van der Waals surface area (Å²) in [5.74, 6) is 0. The Labute approximate surface area is 98.0 Å². The predicted molar refractivity (Wildman–Crippen MR) is 63.9 cm³/mol. The summed E-state index contributed by atoms with van der Waals surface area (Å²) in [7, 11) is -3.22. The van der Waals surface area contributed by atoms with Crippen LogP contribution >= 0.6 is 0 Å². The summed E-state index contributed by atoms with van der Waals surface area (Å²) < 4.78 is 31.6. The molecule has 2 atom stereocenters. The topological polar surface area (TPSA) is 67.4 Å². The van der Waals surface area contributed by atoms with Crippen molar-refractivity contribution in [2.45, 2.75) is 38.0 Å². The highest BCUT2D eigenvalue weighted by atomic mass is 32.2. The molecule has 5 nitrogen and oxygen atoms in total. The van der Waals surface area contributed by atoms with E-state index in [-0.39, 0.29) is 6.04 Å². The monoisotopic (exact) mass is 250 g/mol. The minimum Gasteiger partial charge on any atom is -0.380 e. The first kappa shape index (κ1) is 13.9. The van der Waals surface area contributed by atoms with Crippen LogP contribution in [0, 0.1) is 0 Å². The first-order chi connectivity index (χ1) is 7.56. The number of hydrogen-bond donors (Lipinski definition) is 2. The lowest BCUT2D eigenvalue weighted by Crippen LogP contribution is -2.44. The molecule has 0 aromatic rings. The first-order valence-electron chi connectivity index (χ1n) is 5.86. The lowest BCUT2D eigenvalue weighted by Gasteiger charge is -2.17. The molecule has 0 bridgehead atoms. The van der Waals surface area contributed by atoms with Gasteiger partial charge in [0.2, 0.25) is 10.0 Å². The van der Waals surface area contributed by atoms with Gasteiger partial charge in [0.25, 0.3) is 0 Å². The smallest absolute Gasteiger partial charge is 0.215 e. The maximum absolute atomic E-state index is 11.9. The zero-order chi connectivity index (χ0) is 12.0. The van der Waals surface area contributed by atoms with Crippen LogP contribution in [0.2, 0.25) is 0 Å². The van der Waals surface area contributed by atoms with Crippen LogP contribution in [-0.4, -0.2) is 46.0 Å². The van der Waals surface area contributed by atoms with E-state index < -0.39 is 15.3 Å². The zero-order valence-electron chi connectivity index (χ0n) is 10.0. The van der Waals surface area contributed by atoms with E-state index >= 15 is 0 Å². The molecule has 0 aliphatic carbocycles. The van der Waals surface area contributed by atoms with Gasteiger partial charge in [-0.2, -0.15) is 0 Å². The quantitative estimate of drug-likeness (QED) is 0.628. The third kappa shape index (κ3) is 4.37. The van der Waals surface area contributed by atoms with E-state index in [1.807, 2.05) is 0 Å². The number of ether oxygens (including phenoxy) is 1. The summed E-state index contributed by atoms with van der Waals surface area (Å²) in [6.45, 7) is 6.27. The predicted octanol–water partition coefficient (Wildman–Crippen LogP) is 0.0828. The molecule has 0 aromatic carbocycles. The fraction of sp³-hybridized carbons (Fsp3) is 1.00. The molecule has 0 saturated carbocycles. The van der Waals surface area contributed by atoms with Crippen molar-refractivity contribution in [3.8, 4) is 0 Å². The Morgan fingerprint density at radius 3 is 2.81 bits per heavy atom. The van der Waals surface area contributed by atoms with Crippen molar-refractivity contribution in [2.75, 3.05) is 26.3 Å². The van der Waals surface area contributed by atoms with Crippen molar-refractivity contribution >= 4 is 10.0 Å². The molecule has 6 heteroatoms. The molecule has 1 aliphatic heterocycles. The van der Waals surface area contributed by atoms with Gasteiger partial charge in [0.1, 0.15) is 0 Å². The van der Waals surface area contributed by atoms with Gasteiger partial charge in [0.15, 0.2) is 0 Å². The van der Waals surface area contributed by atoms with Gasteiger partial charge in [-0.15, -0.1) is 0 Å². The van der Waals surface area contributed by atoms with Crippen molar-refractivity contribution < 1.29 is 13.2 Å². The summed E-state index contributed by atoms with van der Waals surface area (Å²) in [4.78, 5) is 0. The van der Waals surface area contributed by atoms with E-state index in [0.29, 0.717) is 19.8 Å². The van der Waals surface area contributed by atoms with E-state index in [0.717, 1.165) is 19.4 Å². The third-order valence-corrected chi connectivity index (χ3v) is 4.54. The van der Waals surface area contributed by atoms with Gasteiger partial charge in [-0.3, -0.25) is 0 Å². The minimum absolute atomic E-state index is 0.0429. The van der Waals surface area contributed by atoms with Crippen LogP contribution in [0.3, 0.4) is 0 Å². The minimum atomic E-state index is -3.22. The Kier molecular flexibility index (Phi) is 5.68. The van der Waals surface area contributed by atoms with Crippen molar-refractivity contribution in [1.82, 2.24) is 10.0 Å². The molecule has 96 valence electrons. The van der Waals surface area contributed by atoms with Crippen molar-refractivity contribution in [3.05, 3.63) is 0 Å².